The maximum atomic E-state index is 12.6. The molecule has 0 spiro atoms. The van der Waals surface area contributed by atoms with E-state index in [0.717, 1.165) is 25.7 Å². The molecule has 0 radical (unpaired) electrons. The summed E-state index contributed by atoms with van der Waals surface area (Å²) in [6.07, 6.45) is 7.03. The van der Waals surface area contributed by atoms with Gasteiger partial charge >= 0.3 is 0 Å². The lowest BCUT2D eigenvalue weighted by atomic mass is 10.0. The van der Waals surface area contributed by atoms with Crippen molar-refractivity contribution in [3.05, 3.63) is 0 Å². The molecule has 21 heavy (non-hydrogen) atoms. The third kappa shape index (κ3) is 2.84. The number of hydrogen-bond donors (Lipinski definition) is 1. The zero-order valence-electron chi connectivity index (χ0n) is 12.8. The maximum absolute atomic E-state index is 12.6. The molecule has 3 aliphatic rings. The Balaban J connectivity index is 1.77. The second kappa shape index (κ2) is 5.88. The van der Waals surface area contributed by atoms with Crippen molar-refractivity contribution in [2.75, 3.05) is 12.3 Å². The van der Waals surface area contributed by atoms with Crippen LogP contribution in [-0.4, -0.2) is 49.0 Å². The van der Waals surface area contributed by atoms with Crippen LogP contribution in [0.4, 0.5) is 0 Å². The van der Waals surface area contributed by atoms with Gasteiger partial charge in [0.25, 0.3) is 0 Å². The maximum Gasteiger partial charge on any atom is 0.241 e. The van der Waals surface area contributed by atoms with Crippen LogP contribution in [0.25, 0.3) is 0 Å². The Morgan fingerprint density at radius 2 is 1.90 bits per heavy atom. The van der Waals surface area contributed by atoms with Gasteiger partial charge in [-0.2, -0.15) is 0 Å². The number of nitrogens with one attached hydrogen (secondary N) is 1. The van der Waals surface area contributed by atoms with Crippen LogP contribution in [0.15, 0.2) is 0 Å². The monoisotopic (exact) mass is 314 g/mol. The van der Waals surface area contributed by atoms with Crippen molar-refractivity contribution in [2.45, 2.75) is 69.3 Å². The highest BCUT2D eigenvalue weighted by Crippen LogP contribution is 2.33. The van der Waals surface area contributed by atoms with Crippen molar-refractivity contribution in [1.82, 2.24) is 10.2 Å². The van der Waals surface area contributed by atoms with Crippen LogP contribution in [0, 0.1) is 5.92 Å². The highest BCUT2D eigenvalue weighted by molar-refractivity contribution is 7.92. The highest BCUT2D eigenvalue weighted by atomic mass is 32.2. The fourth-order valence-electron chi connectivity index (χ4n) is 4.15. The molecule has 2 saturated heterocycles. The van der Waals surface area contributed by atoms with E-state index >= 15 is 0 Å². The zero-order chi connectivity index (χ0) is 15.0. The molecular weight excluding hydrogens is 288 g/mol. The first-order valence-corrected chi connectivity index (χ1v) is 10.0. The number of hydrogen-bond acceptors (Lipinski definition) is 4. The molecule has 1 saturated carbocycles. The Morgan fingerprint density at radius 1 is 1.19 bits per heavy atom. The summed E-state index contributed by atoms with van der Waals surface area (Å²) in [5.41, 5.74) is 0. The number of rotatable bonds is 4. The number of amides is 1. The quantitative estimate of drug-likeness (QED) is 0.849. The van der Waals surface area contributed by atoms with Crippen LogP contribution >= 0.6 is 0 Å². The molecular formula is C15H26N2O3S. The van der Waals surface area contributed by atoms with Gasteiger partial charge in [0.15, 0.2) is 9.84 Å². The van der Waals surface area contributed by atoms with Gasteiger partial charge in [-0.25, -0.2) is 8.42 Å². The Morgan fingerprint density at radius 3 is 2.48 bits per heavy atom. The summed E-state index contributed by atoms with van der Waals surface area (Å²) in [7, 11) is -2.99. The van der Waals surface area contributed by atoms with Gasteiger partial charge in [0.1, 0.15) is 0 Å². The molecule has 0 aromatic rings. The fourth-order valence-corrected chi connectivity index (χ4v) is 5.96. The lowest BCUT2D eigenvalue weighted by Crippen LogP contribution is -2.46. The van der Waals surface area contributed by atoms with E-state index in [-0.39, 0.29) is 23.4 Å². The van der Waals surface area contributed by atoms with Crippen molar-refractivity contribution >= 4 is 15.7 Å². The van der Waals surface area contributed by atoms with Crippen molar-refractivity contribution in [1.29, 1.82) is 0 Å². The second-order valence-electron chi connectivity index (χ2n) is 6.74. The number of sulfone groups is 1. The molecule has 1 aliphatic carbocycles. The summed E-state index contributed by atoms with van der Waals surface area (Å²) in [5, 5.41) is 3.12. The van der Waals surface area contributed by atoms with Gasteiger partial charge in [-0.15, -0.1) is 0 Å². The van der Waals surface area contributed by atoms with E-state index < -0.39 is 9.84 Å². The van der Waals surface area contributed by atoms with E-state index in [4.69, 9.17) is 0 Å². The minimum absolute atomic E-state index is 0.0562. The van der Waals surface area contributed by atoms with E-state index in [1.54, 1.807) is 0 Å². The third-order valence-electron chi connectivity index (χ3n) is 5.41. The van der Waals surface area contributed by atoms with Crippen molar-refractivity contribution in [3.63, 3.8) is 0 Å². The molecule has 0 aromatic heterocycles. The summed E-state index contributed by atoms with van der Waals surface area (Å²) in [5.74, 6) is 0.893. The molecule has 3 atom stereocenters. The van der Waals surface area contributed by atoms with Gasteiger partial charge in [-0.1, -0.05) is 19.8 Å². The van der Waals surface area contributed by atoms with Crippen molar-refractivity contribution in [3.8, 4) is 0 Å². The standard InChI is InChI=1S/C15H26N2O3S/c1-2-13-15(18)17(10-12-8-5-9-21(12,19)20)14(16-13)11-6-3-4-7-11/h11-14,16H,2-10H2,1H3. The Labute approximate surface area is 127 Å². The predicted octanol–water partition coefficient (Wildman–Crippen LogP) is 1.29. The predicted molar refractivity (Wildman–Crippen MR) is 81.5 cm³/mol. The van der Waals surface area contributed by atoms with Gasteiger partial charge in [0.05, 0.1) is 23.2 Å². The fraction of sp³-hybridized carbons (Fsp3) is 0.933. The first kappa shape index (κ1) is 15.3. The summed E-state index contributed by atoms with van der Waals surface area (Å²) in [6.45, 7) is 2.41. The first-order chi connectivity index (χ1) is 10.0. The molecule has 2 aliphatic heterocycles. The van der Waals surface area contributed by atoms with Gasteiger partial charge in [-0.05, 0) is 38.0 Å². The molecule has 1 amide bonds. The molecule has 1 N–H and O–H groups in total. The van der Waals surface area contributed by atoms with Crippen LogP contribution in [0.2, 0.25) is 0 Å². The first-order valence-electron chi connectivity index (χ1n) is 8.31. The summed E-state index contributed by atoms with van der Waals surface area (Å²) in [6, 6.07) is -0.125. The van der Waals surface area contributed by atoms with Crippen LogP contribution in [-0.2, 0) is 14.6 Å². The topological polar surface area (TPSA) is 66.5 Å². The smallest absolute Gasteiger partial charge is 0.241 e. The lowest BCUT2D eigenvalue weighted by Gasteiger charge is -2.30. The average molecular weight is 314 g/mol. The molecule has 0 bridgehead atoms. The van der Waals surface area contributed by atoms with Crippen LogP contribution < -0.4 is 5.32 Å². The summed E-state index contributed by atoms with van der Waals surface area (Å²) in [4.78, 5) is 14.4. The minimum atomic E-state index is -2.99. The van der Waals surface area contributed by atoms with Crippen LogP contribution in [0.5, 0.6) is 0 Å². The molecule has 120 valence electrons. The molecule has 3 unspecified atom stereocenters. The molecule has 6 heteroatoms. The minimum Gasteiger partial charge on any atom is -0.324 e. The van der Waals surface area contributed by atoms with E-state index in [2.05, 4.69) is 5.32 Å². The van der Waals surface area contributed by atoms with Crippen LogP contribution in [0.1, 0.15) is 51.9 Å². The molecule has 2 heterocycles. The Kier molecular flexibility index (Phi) is 4.28. The van der Waals surface area contributed by atoms with Crippen molar-refractivity contribution in [2.24, 2.45) is 5.92 Å². The molecule has 3 rings (SSSR count). The average Bonchev–Trinajstić information content (AvgIpc) is 3.13. The Hall–Kier alpha value is -0.620. The SMILES string of the molecule is CCC1NC(C2CCCC2)N(CC2CCCS2(=O)=O)C1=O. The van der Waals surface area contributed by atoms with Gasteiger partial charge in [0.2, 0.25) is 5.91 Å². The van der Waals surface area contributed by atoms with E-state index in [0.29, 0.717) is 24.6 Å². The third-order valence-corrected chi connectivity index (χ3v) is 7.66. The molecule has 5 nitrogen and oxygen atoms in total. The summed E-state index contributed by atoms with van der Waals surface area (Å²) >= 11 is 0. The number of carbonyl (C=O) groups is 1. The zero-order valence-corrected chi connectivity index (χ0v) is 13.6. The normalized spacial score (nSPS) is 36.7. The van der Waals surface area contributed by atoms with Crippen LogP contribution in [0.3, 0.4) is 0 Å². The van der Waals surface area contributed by atoms with Gasteiger partial charge in [-0.3, -0.25) is 10.1 Å². The Bertz CT molecular complexity index is 499. The molecule has 0 aromatic carbocycles. The van der Waals surface area contributed by atoms with Gasteiger partial charge < -0.3 is 4.90 Å². The van der Waals surface area contributed by atoms with Crippen molar-refractivity contribution < 1.29 is 13.2 Å². The number of carbonyl (C=O) groups excluding carboxylic acids is 1. The lowest BCUT2D eigenvalue weighted by molar-refractivity contribution is -0.130. The van der Waals surface area contributed by atoms with E-state index in [1.165, 1.54) is 12.8 Å². The largest absolute Gasteiger partial charge is 0.324 e. The summed E-state index contributed by atoms with van der Waals surface area (Å²) < 4.78 is 24.2. The van der Waals surface area contributed by atoms with E-state index in [9.17, 15) is 13.2 Å². The van der Waals surface area contributed by atoms with E-state index in [1.807, 2.05) is 11.8 Å². The van der Waals surface area contributed by atoms with Gasteiger partial charge in [0, 0.05) is 6.54 Å². The molecule has 3 fully saturated rings. The highest BCUT2D eigenvalue weighted by Gasteiger charge is 2.45. The number of nitrogens with zero attached hydrogens (tertiary/aromatic N) is 1. The second-order valence-corrected chi connectivity index (χ2v) is 9.14.